The summed E-state index contributed by atoms with van der Waals surface area (Å²) in [6.45, 7) is 4.38. The van der Waals surface area contributed by atoms with Crippen molar-refractivity contribution < 1.29 is 37.0 Å². The molecule has 30 heavy (non-hydrogen) atoms. The number of fused-ring (bicyclic) bond motifs is 1. The first-order chi connectivity index (χ1) is 14.1. The molecule has 7 nitrogen and oxygen atoms in total. The maximum absolute atomic E-state index is 13.4. The lowest BCUT2D eigenvalue weighted by Crippen LogP contribution is -2.40. The van der Waals surface area contributed by atoms with Gasteiger partial charge in [0, 0.05) is 43.8 Å². The molecule has 1 aliphatic rings. The van der Waals surface area contributed by atoms with Crippen LogP contribution in [-0.4, -0.2) is 58.1 Å². The van der Waals surface area contributed by atoms with E-state index in [2.05, 4.69) is 5.10 Å². The molecule has 2 heterocycles. The minimum Gasteiger partial charge on any atom is -0.475 e. The fourth-order valence-electron chi connectivity index (χ4n) is 3.19. The number of methoxy groups -OCH3 is 1. The van der Waals surface area contributed by atoms with Gasteiger partial charge in [0.2, 0.25) is 0 Å². The van der Waals surface area contributed by atoms with Crippen molar-refractivity contribution in [1.29, 1.82) is 0 Å². The number of hydrogen-bond acceptors (Lipinski definition) is 4. The van der Waals surface area contributed by atoms with Crippen molar-refractivity contribution in [2.24, 2.45) is 0 Å². The Morgan fingerprint density at radius 2 is 2.00 bits per heavy atom. The number of amides is 1. The summed E-state index contributed by atoms with van der Waals surface area (Å²) >= 11 is 0. The molecule has 0 radical (unpaired) electrons. The number of carboxylic acids is 1. The Morgan fingerprint density at radius 3 is 2.53 bits per heavy atom. The smallest absolute Gasteiger partial charge is 0.475 e. The lowest BCUT2D eigenvalue weighted by molar-refractivity contribution is -0.192. The number of carboxylic acid groups (broad SMARTS) is 1. The minimum absolute atomic E-state index is 0.0729. The molecule has 11 heteroatoms. The molecule has 3 rings (SSSR count). The number of nitrogens with zero attached hydrogens (tertiary/aromatic N) is 3. The lowest BCUT2D eigenvalue weighted by Gasteiger charge is -2.33. The van der Waals surface area contributed by atoms with Crippen LogP contribution >= 0.6 is 0 Å². The Kier molecular flexibility index (Phi) is 7.54. The van der Waals surface area contributed by atoms with Crippen molar-refractivity contribution in [3.05, 3.63) is 53.1 Å². The fraction of sp³-hybridized carbons (Fsp3) is 0.421. The van der Waals surface area contributed by atoms with Crippen LogP contribution in [0.15, 0.2) is 30.5 Å². The third-order valence-corrected chi connectivity index (χ3v) is 4.42. The Balaban J connectivity index is 0.000000396. The third-order valence-electron chi connectivity index (χ3n) is 4.42. The largest absolute Gasteiger partial charge is 0.490 e. The predicted octanol–water partition coefficient (Wildman–Crippen LogP) is 3.06. The normalized spacial score (nSPS) is 15.8. The molecule has 0 aliphatic carbocycles. The average molecular weight is 431 g/mol. The highest BCUT2D eigenvalue weighted by atomic mass is 19.4. The second-order valence-corrected chi connectivity index (χ2v) is 6.52. The summed E-state index contributed by atoms with van der Waals surface area (Å²) in [6.07, 6.45) is -3.27. The number of carbonyl (C=O) groups excluding carboxylic acids is 1. The molecule has 1 atom stereocenters. The Bertz CT molecular complexity index is 898. The van der Waals surface area contributed by atoms with Gasteiger partial charge in [0.25, 0.3) is 5.91 Å². The van der Waals surface area contributed by atoms with Gasteiger partial charge >= 0.3 is 12.1 Å². The number of halogens is 4. The van der Waals surface area contributed by atoms with Gasteiger partial charge in [-0.3, -0.25) is 9.48 Å². The number of aliphatic carboxylic acids is 1. The Hall–Kier alpha value is -2.95. The van der Waals surface area contributed by atoms with Crippen molar-refractivity contribution in [1.82, 2.24) is 14.7 Å². The van der Waals surface area contributed by atoms with E-state index < -0.39 is 18.0 Å². The van der Waals surface area contributed by atoms with Gasteiger partial charge in [-0.2, -0.15) is 18.3 Å². The van der Waals surface area contributed by atoms with E-state index in [1.165, 1.54) is 12.1 Å². The molecule has 1 N–H and O–H groups in total. The van der Waals surface area contributed by atoms with Crippen LogP contribution < -0.4 is 0 Å². The number of rotatable bonds is 4. The third kappa shape index (κ3) is 5.56. The monoisotopic (exact) mass is 431 g/mol. The number of alkyl halides is 3. The molecular formula is C19H21F4N3O4. The highest BCUT2D eigenvalue weighted by Crippen LogP contribution is 2.29. The van der Waals surface area contributed by atoms with Crippen LogP contribution in [0.25, 0.3) is 0 Å². The summed E-state index contributed by atoms with van der Waals surface area (Å²) < 4.78 is 52.4. The quantitative estimate of drug-likeness (QED) is 0.753. The van der Waals surface area contributed by atoms with Crippen LogP contribution in [0.4, 0.5) is 17.6 Å². The van der Waals surface area contributed by atoms with Crippen molar-refractivity contribution in [2.45, 2.75) is 32.1 Å². The van der Waals surface area contributed by atoms with E-state index in [1.54, 1.807) is 24.1 Å². The van der Waals surface area contributed by atoms with E-state index in [0.717, 1.165) is 17.8 Å². The zero-order chi connectivity index (χ0) is 22.5. The summed E-state index contributed by atoms with van der Waals surface area (Å²) in [6, 6.07) is 5.81. The van der Waals surface area contributed by atoms with Gasteiger partial charge in [-0.25, -0.2) is 9.18 Å². The molecule has 0 saturated heterocycles. The van der Waals surface area contributed by atoms with E-state index in [4.69, 9.17) is 14.6 Å². The van der Waals surface area contributed by atoms with Gasteiger partial charge in [0.05, 0.1) is 18.5 Å². The second kappa shape index (κ2) is 9.70. The predicted molar refractivity (Wildman–Crippen MR) is 97.3 cm³/mol. The standard InChI is InChI=1S/C17H20FN3O2.C2HF3O2/c1-3-21-16-13(8-19-21)9-20(10-14(16)11-23-2)17(22)12-5-4-6-15(18)7-12;3-2(4,5)1(6)7/h4-8,14H,3,9-11H2,1-2H3;(H,6,7). The molecule has 0 fully saturated rings. The van der Waals surface area contributed by atoms with Crippen LogP contribution in [0.3, 0.4) is 0 Å². The molecule has 1 aromatic carbocycles. The summed E-state index contributed by atoms with van der Waals surface area (Å²) in [4.78, 5) is 23.3. The van der Waals surface area contributed by atoms with E-state index in [0.29, 0.717) is 25.3 Å². The zero-order valence-electron chi connectivity index (χ0n) is 16.3. The molecule has 0 saturated carbocycles. The van der Waals surface area contributed by atoms with Gasteiger partial charge in [-0.05, 0) is 25.1 Å². The van der Waals surface area contributed by atoms with Crippen LogP contribution in [0.5, 0.6) is 0 Å². The van der Waals surface area contributed by atoms with Crippen LogP contribution in [0.2, 0.25) is 0 Å². The van der Waals surface area contributed by atoms with Crippen molar-refractivity contribution >= 4 is 11.9 Å². The van der Waals surface area contributed by atoms with Crippen molar-refractivity contribution in [3.63, 3.8) is 0 Å². The molecule has 1 aliphatic heterocycles. The summed E-state index contributed by atoms with van der Waals surface area (Å²) in [5.74, 6) is -3.25. The molecular weight excluding hydrogens is 410 g/mol. The number of ether oxygens (including phenoxy) is 1. The second-order valence-electron chi connectivity index (χ2n) is 6.52. The first kappa shape index (κ1) is 23.3. The first-order valence-electron chi connectivity index (χ1n) is 8.96. The lowest BCUT2D eigenvalue weighted by atomic mass is 9.96. The van der Waals surface area contributed by atoms with Gasteiger partial charge in [0.15, 0.2) is 0 Å². The number of benzene rings is 1. The van der Waals surface area contributed by atoms with E-state index in [9.17, 15) is 22.4 Å². The summed E-state index contributed by atoms with van der Waals surface area (Å²) in [5.41, 5.74) is 2.54. The Labute approximate surface area is 169 Å². The number of carbonyl (C=O) groups is 2. The molecule has 2 aromatic rings. The molecule has 0 bridgehead atoms. The number of aryl methyl sites for hydroxylation is 1. The first-order valence-corrected chi connectivity index (χ1v) is 8.96. The minimum atomic E-state index is -5.08. The van der Waals surface area contributed by atoms with Crippen molar-refractivity contribution in [2.75, 3.05) is 20.3 Å². The van der Waals surface area contributed by atoms with Crippen LogP contribution in [0.1, 0.15) is 34.5 Å². The number of hydrogen-bond donors (Lipinski definition) is 1. The topological polar surface area (TPSA) is 84.7 Å². The van der Waals surface area contributed by atoms with Crippen molar-refractivity contribution in [3.8, 4) is 0 Å². The highest BCUT2D eigenvalue weighted by Gasteiger charge is 2.38. The zero-order valence-corrected chi connectivity index (χ0v) is 16.3. The average Bonchev–Trinajstić information content (AvgIpc) is 3.10. The van der Waals surface area contributed by atoms with Crippen LogP contribution in [0, 0.1) is 5.82 Å². The fourth-order valence-corrected chi connectivity index (χ4v) is 3.19. The maximum atomic E-state index is 13.4. The molecule has 1 amide bonds. The summed E-state index contributed by atoms with van der Waals surface area (Å²) in [5, 5.41) is 11.5. The number of aromatic nitrogens is 2. The van der Waals surface area contributed by atoms with Gasteiger partial charge in [0.1, 0.15) is 5.82 Å². The van der Waals surface area contributed by atoms with E-state index >= 15 is 0 Å². The van der Waals surface area contributed by atoms with Gasteiger partial charge in [-0.1, -0.05) is 6.07 Å². The van der Waals surface area contributed by atoms with Crippen LogP contribution in [-0.2, 0) is 22.6 Å². The Morgan fingerprint density at radius 1 is 1.33 bits per heavy atom. The van der Waals surface area contributed by atoms with Gasteiger partial charge < -0.3 is 14.7 Å². The maximum Gasteiger partial charge on any atom is 0.490 e. The van der Waals surface area contributed by atoms with E-state index in [-0.39, 0.29) is 11.8 Å². The highest BCUT2D eigenvalue weighted by molar-refractivity contribution is 5.94. The SMILES string of the molecule is CCn1ncc2c1C(COC)CN(C(=O)c1cccc(F)c1)C2.O=C(O)C(F)(F)F. The van der Waals surface area contributed by atoms with E-state index in [1.807, 2.05) is 17.8 Å². The molecule has 1 unspecified atom stereocenters. The molecule has 164 valence electrons. The van der Waals surface area contributed by atoms with Gasteiger partial charge in [-0.15, -0.1) is 0 Å². The molecule has 1 aromatic heterocycles. The summed E-state index contributed by atoms with van der Waals surface area (Å²) in [7, 11) is 1.65. The molecule has 0 spiro atoms.